The van der Waals surface area contributed by atoms with Gasteiger partial charge >= 0.3 is 0 Å². The Hall–Kier alpha value is -2.86. The molecule has 1 saturated heterocycles. The SMILES string of the molecule is c1ccc(-c2nnc(C3CCCN(c4cnc5ccccc5n4)C3)s2)cc1. The van der Waals surface area contributed by atoms with Gasteiger partial charge in [0.05, 0.1) is 17.2 Å². The van der Waals surface area contributed by atoms with Crippen LogP contribution < -0.4 is 4.90 Å². The number of aromatic nitrogens is 4. The Bertz CT molecular complexity index is 1060. The maximum atomic E-state index is 4.81. The second kappa shape index (κ2) is 7.04. The summed E-state index contributed by atoms with van der Waals surface area (Å²) in [6.45, 7) is 1.92. The summed E-state index contributed by atoms with van der Waals surface area (Å²) in [7, 11) is 0. The van der Waals surface area contributed by atoms with Gasteiger partial charge in [0.1, 0.15) is 15.8 Å². The summed E-state index contributed by atoms with van der Waals surface area (Å²) < 4.78 is 0. The predicted molar refractivity (Wildman–Crippen MR) is 109 cm³/mol. The molecule has 3 heterocycles. The molecule has 0 bridgehead atoms. The van der Waals surface area contributed by atoms with Crippen LogP contribution in [0, 0.1) is 0 Å². The maximum Gasteiger partial charge on any atom is 0.147 e. The first-order valence-corrected chi connectivity index (χ1v) is 10.0. The highest BCUT2D eigenvalue weighted by atomic mass is 32.1. The van der Waals surface area contributed by atoms with Crippen molar-refractivity contribution in [2.45, 2.75) is 18.8 Å². The van der Waals surface area contributed by atoms with Crippen LogP contribution in [0.25, 0.3) is 21.6 Å². The lowest BCUT2D eigenvalue weighted by Crippen LogP contribution is -2.35. The van der Waals surface area contributed by atoms with E-state index in [1.54, 1.807) is 11.3 Å². The normalized spacial score (nSPS) is 17.3. The monoisotopic (exact) mass is 373 g/mol. The van der Waals surface area contributed by atoms with E-state index in [1.165, 1.54) is 0 Å². The molecule has 1 unspecified atom stereocenters. The largest absolute Gasteiger partial charge is 0.355 e. The van der Waals surface area contributed by atoms with Gasteiger partial charge in [-0.05, 0) is 25.0 Å². The topological polar surface area (TPSA) is 54.8 Å². The number of benzene rings is 2. The molecular weight excluding hydrogens is 354 g/mol. The van der Waals surface area contributed by atoms with E-state index in [0.717, 1.165) is 58.4 Å². The molecule has 27 heavy (non-hydrogen) atoms. The molecule has 0 spiro atoms. The number of rotatable bonds is 3. The molecule has 5 nitrogen and oxygen atoms in total. The fourth-order valence-corrected chi connectivity index (χ4v) is 4.56. The first-order valence-electron chi connectivity index (χ1n) is 9.22. The minimum absolute atomic E-state index is 0.391. The Morgan fingerprint density at radius 1 is 0.926 bits per heavy atom. The standard InChI is InChI=1S/C21H19N5S/c1-2-7-15(8-3-1)20-24-25-21(27-20)16-9-6-12-26(14-16)19-13-22-17-10-4-5-11-18(17)23-19/h1-5,7-8,10-11,13,16H,6,9,12,14H2. The number of hydrogen-bond acceptors (Lipinski definition) is 6. The predicted octanol–water partition coefficient (Wildman–Crippen LogP) is 4.53. The zero-order valence-corrected chi connectivity index (χ0v) is 15.6. The number of piperidine rings is 1. The highest BCUT2D eigenvalue weighted by Gasteiger charge is 2.25. The van der Waals surface area contributed by atoms with Gasteiger partial charge in [-0.2, -0.15) is 0 Å². The summed E-state index contributed by atoms with van der Waals surface area (Å²) in [5, 5.41) is 11.0. The summed E-state index contributed by atoms with van der Waals surface area (Å²) in [6, 6.07) is 18.3. The molecule has 4 aromatic rings. The van der Waals surface area contributed by atoms with E-state index < -0.39 is 0 Å². The van der Waals surface area contributed by atoms with Gasteiger partial charge in [-0.25, -0.2) is 4.98 Å². The van der Waals surface area contributed by atoms with Crippen molar-refractivity contribution in [2.75, 3.05) is 18.0 Å². The van der Waals surface area contributed by atoms with E-state index in [4.69, 9.17) is 4.98 Å². The van der Waals surface area contributed by atoms with Crippen LogP contribution in [0.3, 0.4) is 0 Å². The van der Waals surface area contributed by atoms with Gasteiger partial charge in [0.25, 0.3) is 0 Å². The molecule has 1 aliphatic rings. The van der Waals surface area contributed by atoms with Crippen molar-refractivity contribution in [3.8, 4) is 10.6 Å². The lowest BCUT2D eigenvalue weighted by Gasteiger charge is -2.32. The number of hydrogen-bond donors (Lipinski definition) is 0. The van der Waals surface area contributed by atoms with Crippen LogP contribution in [0.1, 0.15) is 23.8 Å². The van der Waals surface area contributed by atoms with Gasteiger partial charge in [0.15, 0.2) is 0 Å². The second-order valence-electron chi connectivity index (χ2n) is 6.81. The average molecular weight is 373 g/mol. The van der Waals surface area contributed by atoms with E-state index >= 15 is 0 Å². The fourth-order valence-electron chi connectivity index (χ4n) is 3.58. The zero-order valence-electron chi connectivity index (χ0n) is 14.8. The molecule has 1 fully saturated rings. The number of nitrogens with zero attached hydrogens (tertiary/aromatic N) is 5. The van der Waals surface area contributed by atoms with Crippen molar-refractivity contribution in [3.05, 3.63) is 65.8 Å². The van der Waals surface area contributed by atoms with E-state index in [1.807, 2.05) is 48.7 Å². The van der Waals surface area contributed by atoms with Crippen LogP contribution in [0.15, 0.2) is 60.8 Å². The Kier molecular flexibility index (Phi) is 4.26. The first-order chi connectivity index (χ1) is 13.4. The molecule has 134 valence electrons. The smallest absolute Gasteiger partial charge is 0.147 e. The highest BCUT2D eigenvalue weighted by molar-refractivity contribution is 7.14. The Labute approximate surface area is 161 Å². The lowest BCUT2D eigenvalue weighted by molar-refractivity contribution is 0.503. The van der Waals surface area contributed by atoms with Gasteiger partial charge in [0.2, 0.25) is 0 Å². The molecule has 0 amide bonds. The van der Waals surface area contributed by atoms with Crippen molar-refractivity contribution >= 4 is 28.2 Å². The summed E-state index contributed by atoms with van der Waals surface area (Å²) in [5.41, 5.74) is 3.01. The van der Waals surface area contributed by atoms with Crippen molar-refractivity contribution in [3.63, 3.8) is 0 Å². The van der Waals surface area contributed by atoms with Crippen LogP contribution >= 0.6 is 11.3 Å². The molecule has 0 aliphatic carbocycles. The number of fused-ring (bicyclic) bond motifs is 1. The summed E-state index contributed by atoms with van der Waals surface area (Å²) in [6.07, 6.45) is 4.15. The van der Waals surface area contributed by atoms with Crippen LogP contribution in [0.5, 0.6) is 0 Å². The first kappa shape index (κ1) is 16.3. The minimum Gasteiger partial charge on any atom is -0.355 e. The third-order valence-electron chi connectivity index (χ3n) is 4.99. The maximum absolute atomic E-state index is 4.81. The van der Waals surface area contributed by atoms with Crippen LogP contribution in [0.4, 0.5) is 5.82 Å². The van der Waals surface area contributed by atoms with E-state index in [-0.39, 0.29) is 0 Å². The molecule has 6 heteroatoms. The van der Waals surface area contributed by atoms with Gasteiger partial charge in [0, 0.05) is 24.6 Å². The van der Waals surface area contributed by atoms with Crippen molar-refractivity contribution < 1.29 is 0 Å². The quantitative estimate of drug-likeness (QED) is 0.528. The summed E-state index contributed by atoms with van der Waals surface area (Å²) >= 11 is 1.71. The van der Waals surface area contributed by atoms with Crippen molar-refractivity contribution in [2.24, 2.45) is 0 Å². The van der Waals surface area contributed by atoms with Crippen molar-refractivity contribution in [1.82, 2.24) is 20.2 Å². The molecule has 2 aromatic carbocycles. The van der Waals surface area contributed by atoms with Gasteiger partial charge < -0.3 is 4.90 Å². The minimum atomic E-state index is 0.391. The molecule has 0 saturated carbocycles. The van der Waals surface area contributed by atoms with Crippen LogP contribution in [0.2, 0.25) is 0 Å². The molecule has 1 atom stereocenters. The summed E-state index contributed by atoms with van der Waals surface area (Å²) in [5.74, 6) is 1.34. The Morgan fingerprint density at radius 2 is 1.74 bits per heavy atom. The van der Waals surface area contributed by atoms with E-state index in [0.29, 0.717) is 5.92 Å². The molecular formula is C21H19N5S. The second-order valence-corrected chi connectivity index (χ2v) is 7.82. The lowest BCUT2D eigenvalue weighted by atomic mass is 9.99. The number of anilines is 1. The third kappa shape index (κ3) is 3.28. The van der Waals surface area contributed by atoms with Gasteiger partial charge in [-0.15, -0.1) is 10.2 Å². The average Bonchev–Trinajstić information content (AvgIpc) is 3.25. The van der Waals surface area contributed by atoms with Crippen LogP contribution in [-0.2, 0) is 0 Å². The third-order valence-corrected chi connectivity index (χ3v) is 6.13. The molecule has 1 aliphatic heterocycles. The van der Waals surface area contributed by atoms with E-state index in [2.05, 4.69) is 32.2 Å². The van der Waals surface area contributed by atoms with Crippen LogP contribution in [-0.4, -0.2) is 33.3 Å². The molecule has 5 rings (SSSR count). The molecule has 0 radical (unpaired) electrons. The highest BCUT2D eigenvalue weighted by Crippen LogP contribution is 2.33. The van der Waals surface area contributed by atoms with E-state index in [9.17, 15) is 0 Å². The molecule has 0 N–H and O–H groups in total. The molecule has 2 aromatic heterocycles. The van der Waals surface area contributed by atoms with Gasteiger partial charge in [-0.1, -0.05) is 53.8 Å². The fraction of sp³-hybridized carbons (Fsp3) is 0.238. The summed E-state index contributed by atoms with van der Waals surface area (Å²) in [4.78, 5) is 11.7. The zero-order chi connectivity index (χ0) is 18.1. The Balaban J connectivity index is 1.38. The number of para-hydroxylation sites is 2. The van der Waals surface area contributed by atoms with Crippen molar-refractivity contribution in [1.29, 1.82) is 0 Å². The van der Waals surface area contributed by atoms with Gasteiger partial charge in [-0.3, -0.25) is 4.98 Å². The Morgan fingerprint density at radius 3 is 2.63 bits per heavy atom.